The van der Waals surface area contributed by atoms with Gasteiger partial charge in [0.1, 0.15) is 5.58 Å². The second kappa shape index (κ2) is 7.04. The molecule has 0 aliphatic heterocycles. The molecule has 26 heavy (non-hydrogen) atoms. The molecule has 5 heteroatoms. The first-order chi connectivity index (χ1) is 12.7. The number of nitrogens with one attached hydrogen (secondary N) is 2. The highest BCUT2D eigenvalue weighted by Gasteiger charge is 2.22. The minimum absolute atomic E-state index is 0.171. The molecule has 0 bridgehead atoms. The number of rotatable bonds is 4. The molecule has 132 valence electrons. The van der Waals surface area contributed by atoms with Gasteiger partial charge in [-0.05, 0) is 37.1 Å². The van der Waals surface area contributed by atoms with Gasteiger partial charge in [-0.2, -0.15) is 0 Å². The van der Waals surface area contributed by atoms with Gasteiger partial charge in [-0.15, -0.1) is 0 Å². The number of benzene rings is 2. The lowest BCUT2D eigenvalue weighted by Gasteiger charge is -2.18. The Hall–Kier alpha value is -3.08. The number of fused-ring (bicyclic) bond motifs is 1. The Labute approximate surface area is 151 Å². The van der Waals surface area contributed by atoms with Crippen LogP contribution in [0, 0.1) is 0 Å². The van der Waals surface area contributed by atoms with E-state index in [-0.39, 0.29) is 11.6 Å². The molecule has 0 saturated heterocycles. The van der Waals surface area contributed by atoms with E-state index >= 15 is 0 Å². The minimum Gasteiger partial charge on any atom is -0.421 e. The van der Waals surface area contributed by atoms with E-state index in [1.54, 1.807) is 30.3 Å². The van der Waals surface area contributed by atoms with Crippen LogP contribution >= 0.6 is 0 Å². The smallest absolute Gasteiger partial charge is 0.362 e. The first kappa shape index (κ1) is 16.4. The van der Waals surface area contributed by atoms with Gasteiger partial charge in [-0.3, -0.25) is 4.79 Å². The average Bonchev–Trinajstić information content (AvgIpc) is 3.18. The fourth-order valence-corrected chi connectivity index (χ4v) is 3.46. The quantitative estimate of drug-likeness (QED) is 0.686. The number of carbonyl (C=O) groups excluding carboxylic acids is 1. The average molecular weight is 348 g/mol. The molecule has 1 heterocycles. The van der Waals surface area contributed by atoms with Gasteiger partial charge in [-0.1, -0.05) is 43.2 Å². The monoisotopic (exact) mass is 348 g/mol. The van der Waals surface area contributed by atoms with Crippen LogP contribution < -0.4 is 16.3 Å². The van der Waals surface area contributed by atoms with Crippen molar-refractivity contribution in [1.82, 2.24) is 0 Å². The van der Waals surface area contributed by atoms with Crippen molar-refractivity contribution in [2.45, 2.75) is 31.7 Å². The predicted molar refractivity (Wildman–Crippen MR) is 103 cm³/mol. The van der Waals surface area contributed by atoms with E-state index in [1.807, 2.05) is 24.3 Å². The summed E-state index contributed by atoms with van der Waals surface area (Å²) >= 11 is 0. The molecule has 1 aliphatic rings. The highest BCUT2D eigenvalue weighted by molar-refractivity contribution is 6.08. The topological polar surface area (TPSA) is 71.3 Å². The second-order valence-corrected chi connectivity index (χ2v) is 6.58. The maximum absolute atomic E-state index is 12.6. The molecule has 0 atom stereocenters. The second-order valence-electron chi connectivity index (χ2n) is 6.58. The van der Waals surface area contributed by atoms with Crippen molar-refractivity contribution in [3.05, 3.63) is 70.6 Å². The van der Waals surface area contributed by atoms with Crippen molar-refractivity contribution in [3.63, 3.8) is 0 Å². The van der Waals surface area contributed by atoms with Crippen LogP contribution in [0.15, 0.2) is 63.8 Å². The van der Waals surface area contributed by atoms with Gasteiger partial charge in [0.2, 0.25) is 0 Å². The zero-order valence-electron chi connectivity index (χ0n) is 14.3. The first-order valence-corrected chi connectivity index (χ1v) is 8.91. The normalized spacial score (nSPS) is 14.5. The van der Waals surface area contributed by atoms with Crippen molar-refractivity contribution < 1.29 is 9.21 Å². The summed E-state index contributed by atoms with van der Waals surface area (Å²) in [5.74, 6) is -0.331. The van der Waals surface area contributed by atoms with E-state index in [2.05, 4.69) is 10.6 Å². The van der Waals surface area contributed by atoms with Crippen LogP contribution in [0.1, 0.15) is 36.0 Å². The summed E-state index contributed by atoms with van der Waals surface area (Å²) in [6.07, 6.45) is 4.45. The third-order valence-electron chi connectivity index (χ3n) is 4.79. The third kappa shape index (κ3) is 3.20. The highest BCUT2D eigenvalue weighted by atomic mass is 16.4. The molecule has 2 N–H and O–H groups in total. The molecular formula is C21H20N2O3. The third-order valence-corrected chi connectivity index (χ3v) is 4.79. The summed E-state index contributed by atoms with van der Waals surface area (Å²) in [5.41, 5.74) is 1.27. The summed E-state index contributed by atoms with van der Waals surface area (Å²) in [5, 5.41) is 7.02. The molecule has 5 nitrogen and oxygen atoms in total. The lowest BCUT2D eigenvalue weighted by Crippen LogP contribution is -2.23. The molecule has 1 saturated carbocycles. The number of hydrogen-bond donors (Lipinski definition) is 2. The molecule has 1 aromatic heterocycles. The van der Waals surface area contributed by atoms with E-state index in [4.69, 9.17) is 4.42 Å². The Morgan fingerprint density at radius 1 is 0.923 bits per heavy atom. The molecule has 2 aromatic carbocycles. The number of anilines is 2. The summed E-state index contributed by atoms with van der Waals surface area (Å²) < 4.78 is 5.42. The molecule has 0 radical (unpaired) electrons. The van der Waals surface area contributed by atoms with Crippen molar-refractivity contribution >= 4 is 28.3 Å². The van der Waals surface area contributed by atoms with Crippen molar-refractivity contribution in [3.8, 4) is 0 Å². The van der Waals surface area contributed by atoms with Crippen LogP contribution in [0.2, 0.25) is 0 Å². The summed E-state index contributed by atoms with van der Waals surface area (Å²) in [6, 6.07) is 16.5. The largest absolute Gasteiger partial charge is 0.421 e. The summed E-state index contributed by atoms with van der Waals surface area (Å²) in [4.78, 5) is 25.1. The lowest BCUT2D eigenvalue weighted by atomic mass is 10.1. The molecule has 0 spiro atoms. The van der Waals surface area contributed by atoms with Gasteiger partial charge in [0.05, 0.1) is 5.69 Å². The fourth-order valence-electron chi connectivity index (χ4n) is 3.46. The number of amides is 1. The maximum Gasteiger partial charge on any atom is 0.362 e. The van der Waals surface area contributed by atoms with Gasteiger partial charge in [-0.25, -0.2) is 4.79 Å². The van der Waals surface area contributed by atoms with Gasteiger partial charge in [0.25, 0.3) is 5.91 Å². The van der Waals surface area contributed by atoms with E-state index < -0.39 is 5.63 Å². The van der Waals surface area contributed by atoms with Crippen molar-refractivity contribution in [1.29, 1.82) is 0 Å². The molecule has 0 unspecified atom stereocenters. The van der Waals surface area contributed by atoms with Crippen LogP contribution in [0.25, 0.3) is 11.0 Å². The summed E-state index contributed by atoms with van der Waals surface area (Å²) in [6.45, 7) is 0. The van der Waals surface area contributed by atoms with Crippen molar-refractivity contribution in [2.75, 3.05) is 10.6 Å². The van der Waals surface area contributed by atoms with Crippen LogP contribution in [0.4, 0.5) is 11.4 Å². The van der Waals surface area contributed by atoms with Crippen LogP contribution in [0.5, 0.6) is 0 Å². The minimum atomic E-state index is -0.548. The van der Waals surface area contributed by atoms with E-state index in [0.29, 0.717) is 22.9 Å². The fraction of sp³-hybridized carbons (Fsp3) is 0.238. The molecule has 1 fully saturated rings. The standard InChI is InChI=1S/C21H20N2O3/c24-20(14-8-2-1-3-9-14)23-19-18(22-15-10-4-5-11-15)16-12-6-7-13-17(16)26-21(19)25/h1-3,6-9,12-13,15,22H,4-5,10-11H2,(H,23,24). The van der Waals surface area contributed by atoms with Crippen LogP contribution in [0.3, 0.4) is 0 Å². The molecular weight excluding hydrogens is 328 g/mol. The van der Waals surface area contributed by atoms with E-state index in [9.17, 15) is 9.59 Å². The van der Waals surface area contributed by atoms with E-state index in [0.717, 1.165) is 18.2 Å². The van der Waals surface area contributed by atoms with Gasteiger partial charge < -0.3 is 15.1 Å². The maximum atomic E-state index is 12.6. The van der Waals surface area contributed by atoms with Crippen molar-refractivity contribution in [2.24, 2.45) is 0 Å². The zero-order valence-corrected chi connectivity index (χ0v) is 14.3. The highest BCUT2D eigenvalue weighted by Crippen LogP contribution is 2.32. The van der Waals surface area contributed by atoms with Gasteiger partial charge in [0, 0.05) is 17.0 Å². The Bertz CT molecular complexity index is 989. The lowest BCUT2D eigenvalue weighted by molar-refractivity contribution is 0.102. The molecule has 1 aliphatic carbocycles. The van der Waals surface area contributed by atoms with Gasteiger partial charge >= 0.3 is 5.63 Å². The SMILES string of the molecule is O=C(Nc1c(NC2CCCC2)c2ccccc2oc1=O)c1ccccc1. The Kier molecular flexibility index (Phi) is 4.44. The predicted octanol–water partition coefficient (Wildman–Crippen LogP) is 4.40. The Morgan fingerprint density at radius 3 is 2.38 bits per heavy atom. The first-order valence-electron chi connectivity index (χ1n) is 8.91. The number of hydrogen-bond acceptors (Lipinski definition) is 4. The number of para-hydroxylation sites is 1. The molecule has 4 rings (SSSR count). The van der Waals surface area contributed by atoms with E-state index in [1.165, 1.54) is 12.8 Å². The van der Waals surface area contributed by atoms with Gasteiger partial charge in [0.15, 0.2) is 5.69 Å². The summed E-state index contributed by atoms with van der Waals surface area (Å²) in [7, 11) is 0. The molecule has 1 amide bonds. The Morgan fingerprint density at radius 2 is 1.62 bits per heavy atom. The zero-order chi connectivity index (χ0) is 17.9. The Balaban J connectivity index is 1.78. The number of carbonyl (C=O) groups is 1. The van der Waals surface area contributed by atoms with Crippen LogP contribution in [-0.4, -0.2) is 11.9 Å². The molecule has 3 aromatic rings. The van der Waals surface area contributed by atoms with Crippen LogP contribution in [-0.2, 0) is 0 Å².